The van der Waals surface area contributed by atoms with Crippen molar-refractivity contribution in [3.05, 3.63) is 103 Å². The summed E-state index contributed by atoms with van der Waals surface area (Å²) in [5.41, 5.74) is 3.84. The topological polar surface area (TPSA) is 28.7 Å². The number of benzene rings is 5. The van der Waals surface area contributed by atoms with E-state index in [-0.39, 0.29) is 0 Å². The van der Waals surface area contributed by atoms with E-state index >= 15 is 0 Å². The number of aromatic nitrogens is 1. The molecule has 0 unspecified atom stereocenters. The van der Waals surface area contributed by atoms with E-state index < -0.39 is 0 Å². The number of nitriles is 1. The van der Waals surface area contributed by atoms with Gasteiger partial charge in [-0.1, -0.05) is 72.8 Å². The Hall–Kier alpha value is -4.09. The summed E-state index contributed by atoms with van der Waals surface area (Å²) >= 11 is 0. The van der Waals surface area contributed by atoms with Crippen molar-refractivity contribution in [1.29, 1.82) is 5.26 Å². The molecule has 0 amide bonds. The second-order valence-corrected chi connectivity index (χ2v) is 7.33. The maximum atomic E-state index is 9.74. The number of rotatable bonds is 1. The van der Waals surface area contributed by atoms with Crippen molar-refractivity contribution < 1.29 is 0 Å². The van der Waals surface area contributed by atoms with Crippen LogP contribution in [0.5, 0.6) is 0 Å². The first kappa shape index (κ1) is 15.9. The number of hydrogen-bond donors (Lipinski definition) is 0. The molecule has 1 heterocycles. The van der Waals surface area contributed by atoms with Gasteiger partial charge in [0.15, 0.2) is 0 Å². The van der Waals surface area contributed by atoms with Crippen LogP contribution < -0.4 is 0 Å². The maximum absolute atomic E-state index is 9.74. The molecule has 0 fully saturated rings. The number of fused-ring (bicyclic) bond motifs is 7. The fourth-order valence-corrected chi connectivity index (χ4v) is 4.57. The smallest absolute Gasteiger partial charge is 0.101 e. The molecule has 29 heavy (non-hydrogen) atoms. The molecule has 0 saturated heterocycles. The fourth-order valence-electron chi connectivity index (χ4n) is 4.57. The lowest BCUT2D eigenvalue weighted by Gasteiger charge is -2.10. The summed E-state index contributed by atoms with van der Waals surface area (Å²) in [6.45, 7) is 0. The van der Waals surface area contributed by atoms with Gasteiger partial charge in [0.2, 0.25) is 0 Å². The molecule has 6 aromatic rings. The molecule has 2 nitrogen and oxygen atoms in total. The molecule has 2 heteroatoms. The van der Waals surface area contributed by atoms with Crippen molar-refractivity contribution in [2.75, 3.05) is 0 Å². The van der Waals surface area contributed by atoms with E-state index in [4.69, 9.17) is 0 Å². The average Bonchev–Trinajstić information content (AvgIpc) is 3.14. The van der Waals surface area contributed by atoms with Gasteiger partial charge in [0, 0.05) is 10.8 Å². The minimum Gasteiger partial charge on any atom is -0.308 e. The van der Waals surface area contributed by atoms with Crippen LogP contribution in [0.2, 0.25) is 0 Å². The number of hydrogen-bond acceptors (Lipinski definition) is 1. The standard InChI is InChI=1S/C27H16N2/c28-17-20-9-3-6-12-23(20)29-24-15-13-18-7-1-4-10-21(18)26(24)27-22-11-5-2-8-19(22)14-16-25(27)29/h1-16H. The van der Waals surface area contributed by atoms with Crippen molar-refractivity contribution in [2.24, 2.45) is 0 Å². The first-order valence-electron chi connectivity index (χ1n) is 9.70. The normalized spacial score (nSPS) is 11.4. The lowest BCUT2D eigenvalue weighted by Crippen LogP contribution is -1.97. The summed E-state index contributed by atoms with van der Waals surface area (Å²) < 4.78 is 2.24. The van der Waals surface area contributed by atoms with E-state index in [2.05, 4.69) is 83.4 Å². The van der Waals surface area contributed by atoms with E-state index in [0.717, 1.165) is 16.7 Å². The van der Waals surface area contributed by atoms with Gasteiger partial charge in [0.25, 0.3) is 0 Å². The molecule has 0 atom stereocenters. The van der Waals surface area contributed by atoms with Crippen LogP contribution in [0.3, 0.4) is 0 Å². The zero-order valence-corrected chi connectivity index (χ0v) is 15.6. The fraction of sp³-hybridized carbons (Fsp3) is 0. The largest absolute Gasteiger partial charge is 0.308 e. The quantitative estimate of drug-likeness (QED) is 0.308. The Kier molecular flexibility index (Phi) is 3.27. The van der Waals surface area contributed by atoms with Crippen LogP contribution in [0.15, 0.2) is 97.1 Å². The van der Waals surface area contributed by atoms with Gasteiger partial charge >= 0.3 is 0 Å². The highest BCUT2D eigenvalue weighted by molar-refractivity contribution is 6.28. The maximum Gasteiger partial charge on any atom is 0.101 e. The van der Waals surface area contributed by atoms with E-state index in [9.17, 15) is 5.26 Å². The minimum absolute atomic E-state index is 0.674. The first-order valence-corrected chi connectivity index (χ1v) is 9.70. The van der Waals surface area contributed by atoms with Crippen LogP contribution in [0.4, 0.5) is 0 Å². The SMILES string of the molecule is N#Cc1ccccc1-n1c2ccc3ccccc3c2c2c3ccccc3ccc21. The average molecular weight is 368 g/mol. The Balaban J connectivity index is 1.95. The highest BCUT2D eigenvalue weighted by Crippen LogP contribution is 2.40. The van der Waals surface area contributed by atoms with Crippen molar-refractivity contribution in [3.63, 3.8) is 0 Å². The Morgan fingerprint density at radius 2 is 1.07 bits per heavy atom. The highest BCUT2D eigenvalue weighted by Gasteiger charge is 2.18. The molecule has 0 N–H and O–H groups in total. The first-order chi connectivity index (χ1) is 14.4. The zero-order valence-electron chi connectivity index (χ0n) is 15.6. The molecule has 1 aromatic heterocycles. The van der Waals surface area contributed by atoms with Crippen molar-refractivity contribution >= 4 is 43.4 Å². The van der Waals surface area contributed by atoms with E-state index in [1.807, 2.05) is 24.3 Å². The second kappa shape index (κ2) is 5.95. The molecular formula is C27H16N2. The van der Waals surface area contributed by atoms with Crippen molar-refractivity contribution in [2.45, 2.75) is 0 Å². The molecule has 0 aliphatic carbocycles. The lowest BCUT2D eigenvalue weighted by molar-refractivity contribution is 1.17. The van der Waals surface area contributed by atoms with Gasteiger partial charge in [-0.3, -0.25) is 0 Å². The third-order valence-corrected chi connectivity index (χ3v) is 5.81. The van der Waals surface area contributed by atoms with E-state index in [1.165, 1.54) is 32.3 Å². The Bertz CT molecular complexity index is 1520. The van der Waals surface area contributed by atoms with Crippen LogP contribution in [0.1, 0.15) is 5.56 Å². The van der Waals surface area contributed by atoms with Crippen LogP contribution in [0, 0.1) is 11.3 Å². The van der Waals surface area contributed by atoms with Gasteiger partial charge in [-0.25, -0.2) is 0 Å². The summed E-state index contributed by atoms with van der Waals surface area (Å²) in [7, 11) is 0. The zero-order chi connectivity index (χ0) is 19.4. The molecule has 0 radical (unpaired) electrons. The van der Waals surface area contributed by atoms with Gasteiger partial charge < -0.3 is 4.57 Å². The summed E-state index contributed by atoms with van der Waals surface area (Å²) in [5, 5.41) is 17.1. The van der Waals surface area contributed by atoms with Gasteiger partial charge in [0.05, 0.1) is 22.3 Å². The Morgan fingerprint density at radius 3 is 1.66 bits per heavy atom. The van der Waals surface area contributed by atoms with Gasteiger partial charge in [-0.05, 0) is 45.8 Å². The molecule has 0 saturated carbocycles. The monoisotopic (exact) mass is 368 g/mol. The highest BCUT2D eigenvalue weighted by atomic mass is 15.0. The molecule has 134 valence electrons. The van der Waals surface area contributed by atoms with Gasteiger partial charge in [0.1, 0.15) is 6.07 Å². The second-order valence-electron chi connectivity index (χ2n) is 7.33. The summed E-state index contributed by atoms with van der Waals surface area (Å²) in [6, 6.07) is 36.0. The van der Waals surface area contributed by atoms with Crippen LogP contribution >= 0.6 is 0 Å². The minimum atomic E-state index is 0.674. The molecular weight excluding hydrogens is 352 g/mol. The molecule has 0 bridgehead atoms. The van der Waals surface area contributed by atoms with E-state index in [1.54, 1.807) is 0 Å². The molecule has 0 aliphatic heterocycles. The summed E-state index contributed by atoms with van der Waals surface area (Å²) in [5.74, 6) is 0. The van der Waals surface area contributed by atoms with Gasteiger partial charge in [-0.2, -0.15) is 5.26 Å². The van der Waals surface area contributed by atoms with Crippen LogP contribution in [0.25, 0.3) is 49.0 Å². The molecule has 6 rings (SSSR count). The third-order valence-electron chi connectivity index (χ3n) is 5.81. The number of nitrogens with zero attached hydrogens (tertiary/aromatic N) is 2. The Morgan fingerprint density at radius 1 is 0.552 bits per heavy atom. The van der Waals surface area contributed by atoms with Crippen molar-refractivity contribution in [3.8, 4) is 11.8 Å². The van der Waals surface area contributed by atoms with Crippen LogP contribution in [-0.2, 0) is 0 Å². The molecule has 0 aliphatic rings. The number of para-hydroxylation sites is 1. The molecule has 0 spiro atoms. The summed E-state index contributed by atoms with van der Waals surface area (Å²) in [6.07, 6.45) is 0. The van der Waals surface area contributed by atoms with Crippen molar-refractivity contribution in [1.82, 2.24) is 4.57 Å². The predicted molar refractivity (Wildman–Crippen MR) is 121 cm³/mol. The summed E-state index contributed by atoms with van der Waals surface area (Å²) in [4.78, 5) is 0. The Labute approximate surface area is 167 Å². The molecule has 5 aromatic carbocycles. The van der Waals surface area contributed by atoms with Gasteiger partial charge in [-0.15, -0.1) is 0 Å². The predicted octanol–water partition coefficient (Wildman–Crippen LogP) is 6.96. The van der Waals surface area contributed by atoms with E-state index in [0.29, 0.717) is 5.56 Å². The lowest BCUT2D eigenvalue weighted by atomic mass is 10.00. The third kappa shape index (κ3) is 2.16. The van der Waals surface area contributed by atoms with Crippen LogP contribution in [-0.4, -0.2) is 4.57 Å².